The zero-order valence-corrected chi connectivity index (χ0v) is 13.1. The maximum atomic E-state index is 10.5. The van der Waals surface area contributed by atoms with E-state index in [0.717, 1.165) is 11.8 Å². The van der Waals surface area contributed by atoms with Gasteiger partial charge in [0.25, 0.3) is 0 Å². The smallest absolute Gasteiger partial charge is 0.335 e. The van der Waals surface area contributed by atoms with E-state index in [4.69, 9.17) is 15.3 Å². The molecule has 2 rings (SSSR count). The Morgan fingerprint density at radius 2 is 1.12 bits per heavy atom. The van der Waals surface area contributed by atoms with Gasteiger partial charge in [0, 0.05) is 19.8 Å². The fraction of sp³-hybridized carbons (Fsp3) is 0.118. The van der Waals surface area contributed by atoms with Crippen LogP contribution in [-0.4, -0.2) is 47.3 Å². The molecule has 7 nitrogen and oxygen atoms in total. The molecule has 0 aliphatic rings. The van der Waals surface area contributed by atoms with Crippen LogP contribution in [0.15, 0.2) is 48.5 Å². The van der Waals surface area contributed by atoms with Crippen LogP contribution < -0.4 is 4.90 Å². The quantitative estimate of drug-likeness (QED) is 0.788. The van der Waals surface area contributed by atoms with Gasteiger partial charge in [-0.15, -0.1) is 0 Å². The van der Waals surface area contributed by atoms with Crippen molar-refractivity contribution in [1.29, 1.82) is 0 Å². The first-order chi connectivity index (χ1) is 11.2. The monoisotopic (exact) mass is 331 g/mol. The Hall–Kier alpha value is -3.35. The molecule has 0 aliphatic heterocycles. The zero-order valence-electron chi connectivity index (χ0n) is 13.1. The first-order valence-electron chi connectivity index (χ1n) is 6.79. The van der Waals surface area contributed by atoms with Crippen LogP contribution in [-0.2, 0) is 0 Å². The van der Waals surface area contributed by atoms with Crippen LogP contribution in [0.3, 0.4) is 0 Å². The molecule has 0 aromatic heterocycles. The van der Waals surface area contributed by atoms with E-state index in [1.54, 1.807) is 24.3 Å². The van der Waals surface area contributed by atoms with E-state index in [1.807, 2.05) is 19.0 Å². The van der Waals surface area contributed by atoms with E-state index in [-0.39, 0.29) is 11.1 Å². The second-order valence-corrected chi connectivity index (χ2v) is 4.94. The Labute approximate surface area is 138 Å². The highest BCUT2D eigenvalue weighted by molar-refractivity contribution is 5.93. The van der Waals surface area contributed by atoms with E-state index in [0.29, 0.717) is 5.56 Å². The minimum absolute atomic E-state index is 0.0186. The third-order valence-corrected chi connectivity index (χ3v) is 2.99. The SMILES string of the molecule is CN(C)c1ccc(C(=O)O)cc1.O=C(O)c1cccc(C(=O)O)c1. The number of carbonyl (C=O) groups is 3. The second-order valence-electron chi connectivity index (χ2n) is 4.94. The molecule has 7 heteroatoms. The molecule has 0 unspecified atom stereocenters. The normalized spacial score (nSPS) is 9.42. The summed E-state index contributed by atoms with van der Waals surface area (Å²) in [6, 6.07) is 11.9. The average Bonchev–Trinajstić information content (AvgIpc) is 2.55. The molecule has 0 saturated heterocycles. The number of aromatic carboxylic acids is 3. The molecule has 2 aromatic carbocycles. The highest BCUT2D eigenvalue weighted by atomic mass is 16.4. The maximum Gasteiger partial charge on any atom is 0.335 e. The Bertz CT molecular complexity index is 708. The largest absolute Gasteiger partial charge is 0.478 e. The van der Waals surface area contributed by atoms with Gasteiger partial charge in [-0.2, -0.15) is 0 Å². The summed E-state index contributed by atoms with van der Waals surface area (Å²) in [5.41, 5.74) is 1.28. The Kier molecular flexibility index (Phi) is 6.49. The van der Waals surface area contributed by atoms with Crippen LogP contribution in [0.25, 0.3) is 0 Å². The molecule has 0 atom stereocenters. The number of nitrogens with zero attached hydrogens (tertiary/aromatic N) is 1. The summed E-state index contributed by atoms with van der Waals surface area (Å²) in [4.78, 5) is 33.2. The highest BCUT2D eigenvalue weighted by Crippen LogP contribution is 2.11. The van der Waals surface area contributed by atoms with Gasteiger partial charge in [0.05, 0.1) is 16.7 Å². The number of carboxylic acids is 3. The van der Waals surface area contributed by atoms with Gasteiger partial charge in [0.1, 0.15) is 0 Å². The first-order valence-corrected chi connectivity index (χ1v) is 6.79. The Balaban J connectivity index is 0.000000240. The van der Waals surface area contributed by atoms with Gasteiger partial charge < -0.3 is 20.2 Å². The van der Waals surface area contributed by atoms with Crippen molar-refractivity contribution in [2.75, 3.05) is 19.0 Å². The van der Waals surface area contributed by atoms with E-state index >= 15 is 0 Å². The summed E-state index contributed by atoms with van der Waals surface area (Å²) < 4.78 is 0. The molecule has 3 N–H and O–H groups in total. The lowest BCUT2D eigenvalue weighted by atomic mass is 10.1. The van der Waals surface area contributed by atoms with Gasteiger partial charge in [-0.05, 0) is 42.5 Å². The fourth-order valence-corrected chi connectivity index (χ4v) is 1.69. The van der Waals surface area contributed by atoms with Crippen molar-refractivity contribution in [1.82, 2.24) is 0 Å². The van der Waals surface area contributed by atoms with E-state index in [9.17, 15) is 14.4 Å². The molecule has 126 valence electrons. The van der Waals surface area contributed by atoms with Crippen molar-refractivity contribution in [3.8, 4) is 0 Å². The third kappa shape index (κ3) is 5.45. The van der Waals surface area contributed by atoms with E-state index in [2.05, 4.69) is 0 Å². The zero-order chi connectivity index (χ0) is 18.3. The highest BCUT2D eigenvalue weighted by Gasteiger charge is 2.06. The van der Waals surface area contributed by atoms with Gasteiger partial charge in [-0.1, -0.05) is 6.07 Å². The topological polar surface area (TPSA) is 115 Å². The molecule has 0 aliphatic carbocycles. The average molecular weight is 331 g/mol. The Morgan fingerprint density at radius 3 is 1.46 bits per heavy atom. The lowest BCUT2D eigenvalue weighted by Crippen LogP contribution is -2.08. The van der Waals surface area contributed by atoms with Crippen molar-refractivity contribution in [3.63, 3.8) is 0 Å². The van der Waals surface area contributed by atoms with Crippen LogP contribution in [0, 0.1) is 0 Å². The van der Waals surface area contributed by atoms with Gasteiger partial charge in [0.15, 0.2) is 0 Å². The predicted octanol–water partition coefficient (Wildman–Crippen LogP) is 2.53. The van der Waals surface area contributed by atoms with Gasteiger partial charge in [-0.3, -0.25) is 0 Å². The molecular weight excluding hydrogens is 314 g/mol. The molecule has 0 bridgehead atoms. The molecular formula is C17H17NO6. The molecule has 0 spiro atoms. The minimum Gasteiger partial charge on any atom is -0.478 e. The molecule has 24 heavy (non-hydrogen) atoms. The van der Waals surface area contributed by atoms with Gasteiger partial charge in [0.2, 0.25) is 0 Å². The number of carboxylic acid groups (broad SMARTS) is 3. The van der Waals surface area contributed by atoms with Crippen LogP contribution in [0.1, 0.15) is 31.1 Å². The maximum absolute atomic E-state index is 10.5. The molecule has 2 aromatic rings. The summed E-state index contributed by atoms with van der Waals surface area (Å²) in [6.45, 7) is 0. The summed E-state index contributed by atoms with van der Waals surface area (Å²) >= 11 is 0. The van der Waals surface area contributed by atoms with Crippen molar-refractivity contribution in [2.45, 2.75) is 0 Å². The summed E-state index contributed by atoms with van der Waals surface area (Å²) in [5, 5.41) is 25.6. The molecule has 0 saturated carbocycles. The lowest BCUT2D eigenvalue weighted by Gasteiger charge is -2.11. The number of rotatable bonds is 4. The number of hydrogen-bond acceptors (Lipinski definition) is 4. The van der Waals surface area contributed by atoms with Crippen LogP contribution in [0.4, 0.5) is 5.69 Å². The van der Waals surface area contributed by atoms with Crippen LogP contribution >= 0.6 is 0 Å². The summed E-state index contributed by atoms with van der Waals surface area (Å²) in [6.07, 6.45) is 0. The van der Waals surface area contributed by atoms with E-state index in [1.165, 1.54) is 18.2 Å². The van der Waals surface area contributed by atoms with E-state index < -0.39 is 17.9 Å². The lowest BCUT2D eigenvalue weighted by molar-refractivity contribution is 0.0682. The predicted molar refractivity (Wildman–Crippen MR) is 88.1 cm³/mol. The number of hydrogen-bond donors (Lipinski definition) is 3. The van der Waals surface area contributed by atoms with Crippen LogP contribution in [0.5, 0.6) is 0 Å². The molecule has 0 fully saturated rings. The minimum atomic E-state index is -1.13. The fourth-order valence-electron chi connectivity index (χ4n) is 1.69. The van der Waals surface area contributed by atoms with Gasteiger partial charge in [-0.25, -0.2) is 14.4 Å². The van der Waals surface area contributed by atoms with Crippen molar-refractivity contribution < 1.29 is 29.7 Å². The third-order valence-electron chi connectivity index (χ3n) is 2.99. The number of benzene rings is 2. The summed E-state index contributed by atoms with van der Waals surface area (Å²) in [5.74, 6) is -3.14. The van der Waals surface area contributed by atoms with Crippen LogP contribution in [0.2, 0.25) is 0 Å². The first kappa shape index (κ1) is 18.7. The molecule has 0 radical (unpaired) electrons. The van der Waals surface area contributed by atoms with Crippen molar-refractivity contribution in [3.05, 3.63) is 65.2 Å². The number of anilines is 1. The van der Waals surface area contributed by atoms with Gasteiger partial charge >= 0.3 is 17.9 Å². The summed E-state index contributed by atoms with van der Waals surface area (Å²) in [7, 11) is 3.82. The standard InChI is InChI=1S/C9H11NO2.C8H6O4/c1-10(2)8-5-3-7(4-6-8)9(11)12;9-7(10)5-2-1-3-6(4-5)8(11)12/h3-6H,1-2H3,(H,11,12);1-4H,(H,9,10)(H,11,12). The Morgan fingerprint density at radius 1 is 0.708 bits per heavy atom. The molecule has 0 amide bonds. The molecule has 0 heterocycles. The second kappa shape index (κ2) is 8.33. The van der Waals surface area contributed by atoms with Crippen molar-refractivity contribution in [2.24, 2.45) is 0 Å². The van der Waals surface area contributed by atoms with Crippen molar-refractivity contribution >= 4 is 23.6 Å².